The van der Waals surface area contributed by atoms with E-state index < -0.39 is 5.92 Å². The first-order valence-corrected chi connectivity index (χ1v) is 6.25. The average molecular weight is 219 g/mol. The van der Waals surface area contributed by atoms with Gasteiger partial charge < -0.3 is 5.32 Å². The second-order valence-corrected chi connectivity index (χ2v) is 4.66. The van der Waals surface area contributed by atoms with Crippen LogP contribution in [0.1, 0.15) is 58.3 Å². The van der Waals surface area contributed by atoms with Crippen LogP contribution in [-0.4, -0.2) is 18.5 Å². The molecule has 1 unspecified atom stereocenters. The van der Waals surface area contributed by atoms with Crippen LogP contribution in [-0.2, 0) is 0 Å². The molecule has 0 heterocycles. The standard InChI is InChI=1S/C12H23F2N/c1-2-3-4-5-9-15-11-7-6-8-12(13,14)10-11/h11,15H,2-10H2,1H3. The summed E-state index contributed by atoms with van der Waals surface area (Å²) in [4.78, 5) is 0. The van der Waals surface area contributed by atoms with Crippen molar-refractivity contribution >= 4 is 0 Å². The van der Waals surface area contributed by atoms with Crippen molar-refractivity contribution in [3.05, 3.63) is 0 Å². The highest BCUT2D eigenvalue weighted by Crippen LogP contribution is 2.32. The van der Waals surface area contributed by atoms with Gasteiger partial charge in [-0.2, -0.15) is 0 Å². The van der Waals surface area contributed by atoms with E-state index in [9.17, 15) is 8.78 Å². The summed E-state index contributed by atoms with van der Waals surface area (Å²) < 4.78 is 26.1. The molecule has 0 radical (unpaired) electrons. The molecule has 0 aliphatic heterocycles. The highest BCUT2D eigenvalue weighted by Gasteiger charge is 2.35. The molecule has 3 heteroatoms. The summed E-state index contributed by atoms with van der Waals surface area (Å²) in [6.45, 7) is 3.08. The lowest BCUT2D eigenvalue weighted by molar-refractivity contribution is -0.0440. The Kier molecular flexibility index (Phi) is 5.51. The van der Waals surface area contributed by atoms with Crippen molar-refractivity contribution in [3.8, 4) is 0 Å². The Hall–Kier alpha value is -0.180. The predicted octanol–water partition coefficient (Wildman–Crippen LogP) is 3.73. The molecule has 0 aromatic carbocycles. The molecule has 1 saturated carbocycles. The van der Waals surface area contributed by atoms with Gasteiger partial charge in [-0.1, -0.05) is 26.2 Å². The van der Waals surface area contributed by atoms with Gasteiger partial charge in [0, 0.05) is 18.9 Å². The summed E-state index contributed by atoms with van der Waals surface area (Å²) in [6.07, 6.45) is 6.53. The fourth-order valence-electron chi connectivity index (χ4n) is 2.20. The van der Waals surface area contributed by atoms with E-state index >= 15 is 0 Å². The van der Waals surface area contributed by atoms with E-state index in [0.29, 0.717) is 6.42 Å². The van der Waals surface area contributed by atoms with Crippen molar-refractivity contribution in [1.29, 1.82) is 0 Å². The molecule has 1 fully saturated rings. The predicted molar refractivity (Wildman–Crippen MR) is 59.3 cm³/mol. The molecule has 0 saturated heterocycles. The number of hydrogen-bond donors (Lipinski definition) is 1. The van der Waals surface area contributed by atoms with E-state index in [-0.39, 0.29) is 18.9 Å². The fraction of sp³-hybridized carbons (Fsp3) is 1.00. The van der Waals surface area contributed by atoms with E-state index in [1.807, 2.05) is 0 Å². The zero-order valence-corrected chi connectivity index (χ0v) is 9.70. The van der Waals surface area contributed by atoms with E-state index in [0.717, 1.165) is 19.4 Å². The van der Waals surface area contributed by atoms with E-state index in [2.05, 4.69) is 12.2 Å². The van der Waals surface area contributed by atoms with Crippen LogP contribution in [0.2, 0.25) is 0 Å². The first-order valence-electron chi connectivity index (χ1n) is 6.25. The zero-order valence-electron chi connectivity index (χ0n) is 9.70. The van der Waals surface area contributed by atoms with Crippen molar-refractivity contribution in [2.24, 2.45) is 0 Å². The third-order valence-electron chi connectivity index (χ3n) is 3.10. The summed E-state index contributed by atoms with van der Waals surface area (Å²) >= 11 is 0. The van der Waals surface area contributed by atoms with Gasteiger partial charge in [0.2, 0.25) is 5.92 Å². The van der Waals surface area contributed by atoms with Crippen LogP contribution in [0.5, 0.6) is 0 Å². The molecule has 1 aliphatic rings. The van der Waals surface area contributed by atoms with Crippen LogP contribution < -0.4 is 5.32 Å². The van der Waals surface area contributed by atoms with E-state index in [1.54, 1.807) is 0 Å². The monoisotopic (exact) mass is 219 g/mol. The maximum absolute atomic E-state index is 13.0. The molecule has 90 valence electrons. The molecule has 0 spiro atoms. The molecule has 15 heavy (non-hydrogen) atoms. The van der Waals surface area contributed by atoms with Gasteiger partial charge in [-0.3, -0.25) is 0 Å². The molecule has 0 amide bonds. The Balaban J connectivity index is 2.05. The summed E-state index contributed by atoms with van der Waals surface area (Å²) in [5.41, 5.74) is 0. The minimum absolute atomic E-state index is 0.0424. The van der Waals surface area contributed by atoms with Crippen molar-refractivity contribution in [1.82, 2.24) is 5.32 Å². The summed E-state index contributed by atoms with van der Waals surface area (Å²) in [7, 11) is 0. The Morgan fingerprint density at radius 2 is 2.07 bits per heavy atom. The van der Waals surface area contributed by atoms with Gasteiger partial charge in [0.15, 0.2) is 0 Å². The summed E-state index contributed by atoms with van der Waals surface area (Å²) in [5, 5.41) is 3.26. The number of hydrogen-bond acceptors (Lipinski definition) is 1. The molecule has 1 aliphatic carbocycles. The van der Waals surface area contributed by atoms with Crippen LogP contribution in [0.15, 0.2) is 0 Å². The van der Waals surface area contributed by atoms with Gasteiger partial charge >= 0.3 is 0 Å². The maximum Gasteiger partial charge on any atom is 0.249 e. The van der Waals surface area contributed by atoms with Crippen molar-refractivity contribution in [3.63, 3.8) is 0 Å². The van der Waals surface area contributed by atoms with Crippen LogP contribution in [0.4, 0.5) is 8.78 Å². The average Bonchev–Trinajstić information content (AvgIpc) is 2.16. The molecule has 0 aromatic rings. The van der Waals surface area contributed by atoms with Crippen molar-refractivity contribution in [2.45, 2.75) is 70.3 Å². The second kappa shape index (κ2) is 6.41. The Labute approximate surface area is 91.6 Å². The zero-order chi connectivity index (χ0) is 11.1. The smallest absolute Gasteiger partial charge is 0.249 e. The summed E-state index contributed by atoms with van der Waals surface area (Å²) in [5.74, 6) is -2.42. The molecular formula is C12H23F2N. The first kappa shape index (κ1) is 12.9. The minimum Gasteiger partial charge on any atom is -0.314 e. The van der Waals surface area contributed by atoms with Crippen LogP contribution >= 0.6 is 0 Å². The molecule has 1 N–H and O–H groups in total. The highest BCUT2D eigenvalue weighted by molar-refractivity contribution is 4.82. The van der Waals surface area contributed by atoms with E-state index in [1.165, 1.54) is 19.3 Å². The van der Waals surface area contributed by atoms with Gasteiger partial charge in [0.1, 0.15) is 0 Å². The van der Waals surface area contributed by atoms with Gasteiger partial charge in [-0.05, 0) is 25.8 Å². The Bertz CT molecular complexity index is 171. The molecule has 1 nitrogen and oxygen atoms in total. The third-order valence-corrected chi connectivity index (χ3v) is 3.10. The number of rotatable bonds is 6. The normalized spacial score (nSPS) is 25.4. The van der Waals surface area contributed by atoms with E-state index in [4.69, 9.17) is 0 Å². The fourth-order valence-corrected chi connectivity index (χ4v) is 2.20. The summed E-state index contributed by atoms with van der Waals surface area (Å²) in [6, 6.07) is 0.0513. The number of alkyl halides is 2. The lowest BCUT2D eigenvalue weighted by Gasteiger charge is -2.29. The number of halogens is 2. The lowest BCUT2D eigenvalue weighted by atomic mass is 9.92. The van der Waals surface area contributed by atoms with Gasteiger partial charge in [0.25, 0.3) is 0 Å². The second-order valence-electron chi connectivity index (χ2n) is 4.66. The SMILES string of the molecule is CCCCCCNC1CCCC(F)(F)C1. The molecule has 1 atom stereocenters. The molecule has 0 bridgehead atoms. The quantitative estimate of drug-likeness (QED) is 0.671. The van der Waals surface area contributed by atoms with Crippen LogP contribution in [0, 0.1) is 0 Å². The molecule has 1 rings (SSSR count). The van der Waals surface area contributed by atoms with Crippen molar-refractivity contribution in [2.75, 3.05) is 6.54 Å². The van der Waals surface area contributed by atoms with Crippen LogP contribution in [0.3, 0.4) is 0 Å². The van der Waals surface area contributed by atoms with Gasteiger partial charge in [-0.25, -0.2) is 8.78 Å². The molecule has 0 aromatic heterocycles. The third kappa shape index (κ3) is 5.45. The number of unbranched alkanes of at least 4 members (excludes halogenated alkanes) is 3. The lowest BCUT2D eigenvalue weighted by Crippen LogP contribution is -2.39. The van der Waals surface area contributed by atoms with Crippen molar-refractivity contribution < 1.29 is 8.78 Å². The Morgan fingerprint density at radius 3 is 2.73 bits per heavy atom. The van der Waals surface area contributed by atoms with Gasteiger partial charge in [-0.15, -0.1) is 0 Å². The largest absolute Gasteiger partial charge is 0.314 e. The maximum atomic E-state index is 13.0. The van der Waals surface area contributed by atoms with Crippen LogP contribution in [0.25, 0.3) is 0 Å². The van der Waals surface area contributed by atoms with Gasteiger partial charge in [0.05, 0.1) is 0 Å². The Morgan fingerprint density at radius 1 is 1.27 bits per heavy atom. The topological polar surface area (TPSA) is 12.0 Å². The highest BCUT2D eigenvalue weighted by atomic mass is 19.3. The number of nitrogens with one attached hydrogen (secondary N) is 1. The minimum atomic E-state index is -2.42. The molecular weight excluding hydrogens is 196 g/mol. The first-order chi connectivity index (χ1) is 7.14.